The maximum Gasteiger partial charge on any atom is 0.246 e. The molecule has 0 unspecified atom stereocenters. The minimum atomic E-state index is 0.0349. The van der Waals surface area contributed by atoms with Crippen molar-refractivity contribution < 1.29 is 9.59 Å². The molecule has 0 N–H and O–H groups in total. The van der Waals surface area contributed by atoms with Crippen LogP contribution in [0.1, 0.15) is 25.3 Å². The maximum atomic E-state index is 12.5. The van der Waals surface area contributed by atoms with Crippen LogP contribution in [0.15, 0.2) is 24.3 Å². The molecule has 1 aromatic rings. The van der Waals surface area contributed by atoms with Crippen LogP contribution in [-0.4, -0.2) is 35.8 Å². The topological polar surface area (TPSA) is 40.6 Å². The number of benzene rings is 1. The highest BCUT2D eigenvalue weighted by Gasteiger charge is 2.32. The van der Waals surface area contributed by atoms with Crippen LogP contribution in [0.5, 0.6) is 0 Å². The SMILES string of the molecule is C[C@H]1Cc2ccccc2N1C(=O)CN1CCCC1=O. The van der Waals surface area contributed by atoms with Crippen molar-refractivity contribution in [2.24, 2.45) is 0 Å². The Kier molecular flexibility index (Phi) is 3.01. The van der Waals surface area contributed by atoms with Gasteiger partial charge in [0.15, 0.2) is 0 Å². The van der Waals surface area contributed by atoms with Gasteiger partial charge in [-0.1, -0.05) is 18.2 Å². The molecule has 1 saturated heterocycles. The summed E-state index contributed by atoms with van der Waals surface area (Å²) in [7, 11) is 0. The van der Waals surface area contributed by atoms with Gasteiger partial charge in [0, 0.05) is 24.7 Å². The lowest BCUT2D eigenvalue weighted by atomic mass is 10.1. The maximum absolute atomic E-state index is 12.5. The van der Waals surface area contributed by atoms with E-state index >= 15 is 0 Å². The molecule has 0 spiro atoms. The molecule has 1 aromatic carbocycles. The number of anilines is 1. The summed E-state index contributed by atoms with van der Waals surface area (Å²) >= 11 is 0. The van der Waals surface area contributed by atoms with E-state index < -0.39 is 0 Å². The van der Waals surface area contributed by atoms with E-state index in [-0.39, 0.29) is 24.4 Å². The molecule has 2 aliphatic heterocycles. The molecular weight excluding hydrogens is 240 g/mol. The van der Waals surface area contributed by atoms with Crippen LogP contribution < -0.4 is 4.90 Å². The summed E-state index contributed by atoms with van der Waals surface area (Å²) in [5.74, 6) is 0.140. The largest absolute Gasteiger partial charge is 0.333 e. The van der Waals surface area contributed by atoms with E-state index in [4.69, 9.17) is 0 Å². The monoisotopic (exact) mass is 258 g/mol. The second-order valence-corrected chi connectivity index (χ2v) is 5.36. The number of fused-ring (bicyclic) bond motifs is 1. The Morgan fingerprint density at radius 1 is 1.37 bits per heavy atom. The third kappa shape index (κ3) is 2.11. The number of carbonyl (C=O) groups is 2. The van der Waals surface area contributed by atoms with Crippen LogP contribution in [-0.2, 0) is 16.0 Å². The van der Waals surface area contributed by atoms with E-state index in [1.807, 2.05) is 23.1 Å². The summed E-state index contributed by atoms with van der Waals surface area (Å²) < 4.78 is 0. The normalized spacial score (nSPS) is 21.9. The first-order valence-corrected chi connectivity index (χ1v) is 6.84. The van der Waals surface area contributed by atoms with E-state index in [9.17, 15) is 9.59 Å². The lowest BCUT2D eigenvalue weighted by Gasteiger charge is -2.25. The van der Waals surface area contributed by atoms with Gasteiger partial charge >= 0.3 is 0 Å². The van der Waals surface area contributed by atoms with Crippen LogP contribution in [0.2, 0.25) is 0 Å². The Morgan fingerprint density at radius 2 is 2.16 bits per heavy atom. The molecule has 0 aliphatic carbocycles. The van der Waals surface area contributed by atoms with Crippen molar-refractivity contribution in [1.82, 2.24) is 4.90 Å². The molecule has 2 aliphatic rings. The lowest BCUT2D eigenvalue weighted by Crippen LogP contribution is -2.43. The summed E-state index contributed by atoms with van der Waals surface area (Å²) in [4.78, 5) is 27.6. The zero-order chi connectivity index (χ0) is 13.4. The minimum Gasteiger partial charge on any atom is -0.333 e. The Hall–Kier alpha value is -1.84. The van der Waals surface area contributed by atoms with E-state index in [1.54, 1.807) is 4.90 Å². The highest BCUT2D eigenvalue weighted by molar-refractivity contribution is 5.99. The molecule has 2 amide bonds. The van der Waals surface area contributed by atoms with Gasteiger partial charge in [-0.05, 0) is 31.4 Å². The van der Waals surface area contributed by atoms with Crippen LogP contribution in [0.4, 0.5) is 5.69 Å². The fourth-order valence-corrected chi connectivity index (χ4v) is 3.06. The van der Waals surface area contributed by atoms with Crippen molar-refractivity contribution >= 4 is 17.5 Å². The van der Waals surface area contributed by atoms with Gasteiger partial charge in [0.2, 0.25) is 11.8 Å². The second kappa shape index (κ2) is 4.68. The number of rotatable bonds is 2. The smallest absolute Gasteiger partial charge is 0.246 e. The van der Waals surface area contributed by atoms with Crippen molar-refractivity contribution in [3.05, 3.63) is 29.8 Å². The predicted molar refractivity (Wildman–Crippen MR) is 72.9 cm³/mol. The van der Waals surface area contributed by atoms with Gasteiger partial charge in [-0.25, -0.2) is 0 Å². The van der Waals surface area contributed by atoms with E-state index in [2.05, 4.69) is 13.0 Å². The van der Waals surface area contributed by atoms with Crippen LogP contribution in [0, 0.1) is 0 Å². The molecule has 0 saturated carbocycles. The van der Waals surface area contributed by atoms with Gasteiger partial charge in [-0.15, -0.1) is 0 Å². The predicted octanol–water partition coefficient (Wildman–Crippen LogP) is 1.59. The molecule has 3 rings (SSSR count). The van der Waals surface area contributed by atoms with Gasteiger partial charge in [0.25, 0.3) is 0 Å². The zero-order valence-corrected chi connectivity index (χ0v) is 11.1. The number of likely N-dealkylation sites (tertiary alicyclic amines) is 1. The molecule has 4 nitrogen and oxygen atoms in total. The van der Waals surface area contributed by atoms with Gasteiger partial charge in [0.1, 0.15) is 6.54 Å². The molecular formula is C15H18N2O2. The molecule has 1 atom stereocenters. The highest BCUT2D eigenvalue weighted by Crippen LogP contribution is 2.32. The molecule has 0 radical (unpaired) electrons. The third-order valence-corrected chi connectivity index (χ3v) is 3.97. The lowest BCUT2D eigenvalue weighted by molar-refractivity contribution is -0.132. The fourth-order valence-electron chi connectivity index (χ4n) is 3.06. The van der Waals surface area contributed by atoms with E-state index in [0.717, 1.165) is 18.5 Å². The number of amides is 2. The van der Waals surface area contributed by atoms with Gasteiger partial charge < -0.3 is 9.80 Å². The highest BCUT2D eigenvalue weighted by atomic mass is 16.2. The first-order valence-electron chi connectivity index (χ1n) is 6.84. The third-order valence-electron chi connectivity index (χ3n) is 3.97. The average molecular weight is 258 g/mol. The minimum absolute atomic E-state index is 0.0349. The average Bonchev–Trinajstić information content (AvgIpc) is 2.92. The summed E-state index contributed by atoms with van der Waals surface area (Å²) in [5.41, 5.74) is 2.22. The summed E-state index contributed by atoms with van der Waals surface area (Å²) in [5, 5.41) is 0. The molecule has 0 bridgehead atoms. The number of para-hydroxylation sites is 1. The van der Waals surface area contributed by atoms with Gasteiger partial charge in [0.05, 0.1) is 0 Å². The Labute approximate surface area is 113 Å². The van der Waals surface area contributed by atoms with Crippen LogP contribution >= 0.6 is 0 Å². The fraction of sp³-hybridized carbons (Fsp3) is 0.467. The van der Waals surface area contributed by atoms with Crippen molar-refractivity contribution in [2.75, 3.05) is 18.0 Å². The standard InChI is InChI=1S/C15H18N2O2/c1-11-9-12-5-2-3-6-13(12)17(11)15(19)10-16-8-4-7-14(16)18/h2-3,5-6,11H,4,7-10H2,1H3/t11-/m0/s1. The summed E-state index contributed by atoms with van der Waals surface area (Å²) in [6.07, 6.45) is 2.35. The van der Waals surface area contributed by atoms with Gasteiger partial charge in [-0.2, -0.15) is 0 Å². The molecule has 19 heavy (non-hydrogen) atoms. The Morgan fingerprint density at radius 3 is 2.89 bits per heavy atom. The van der Waals surface area contributed by atoms with Crippen LogP contribution in [0.3, 0.4) is 0 Å². The summed E-state index contributed by atoms with van der Waals surface area (Å²) in [6, 6.07) is 8.20. The van der Waals surface area contributed by atoms with Crippen molar-refractivity contribution in [3.63, 3.8) is 0 Å². The first-order chi connectivity index (χ1) is 9.16. The molecule has 1 fully saturated rings. The molecule has 0 aromatic heterocycles. The zero-order valence-electron chi connectivity index (χ0n) is 11.1. The van der Waals surface area contributed by atoms with E-state index in [0.29, 0.717) is 13.0 Å². The van der Waals surface area contributed by atoms with E-state index in [1.165, 1.54) is 5.56 Å². The number of carbonyl (C=O) groups excluding carboxylic acids is 2. The second-order valence-electron chi connectivity index (χ2n) is 5.36. The Bertz CT molecular complexity index is 527. The van der Waals surface area contributed by atoms with Crippen molar-refractivity contribution in [2.45, 2.75) is 32.2 Å². The van der Waals surface area contributed by atoms with Crippen LogP contribution in [0.25, 0.3) is 0 Å². The van der Waals surface area contributed by atoms with Crippen molar-refractivity contribution in [1.29, 1.82) is 0 Å². The first kappa shape index (κ1) is 12.2. The quantitative estimate of drug-likeness (QED) is 0.808. The Balaban J connectivity index is 1.78. The molecule has 2 heterocycles. The number of hydrogen-bond acceptors (Lipinski definition) is 2. The molecule has 4 heteroatoms. The van der Waals surface area contributed by atoms with Crippen molar-refractivity contribution in [3.8, 4) is 0 Å². The number of hydrogen-bond donors (Lipinski definition) is 0. The van der Waals surface area contributed by atoms with Gasteiger partial charge in [-0.3, -0.25) is 9.59 Å². The molecule has 100 valence electrons. The number of nitrogens with zero attached hydrogens (tertiary/aromatic N) is 2. The summed E-state index contributed by atoms with van der Waals surface area (Å²) in [6.45, 7) is 3.00.